The van der Waals surface area contributed by atoms with Gasteiger partial charge in [0.15, 0.2) is 0 Å². The molecule has 0 amide bonds. The Hall–Kier alpha value is -2.42. The molecule has 1 heterocycles. The molecule has 2 aromatic rings. The van der Waals surface area contributed by atoms with Gasteiger partial charge < -0.3 is 9.30 Å². The van der Waals surface area contributed by atoms with E-state index in [0.29, 0.717) is 6.07 Å². The van der Waals surface area contributed by atoms with Gasteiger partial charge in [-0.15, -0.1) is 0 Å². The number of rotatable bonds is 5. The number of nitrogens with zero attached hydrogens (tertiary/aromatic N) is 1. The van der Waals surface area contributed by atoms with E-state index in [4.69, 9.17) is 4.74 Å². The van der Waals surface area contributed by atoms with Crippen LogP contribution in [0.25, 0.3) is 0 Å². The number of benzene rings is 1. The number of esters is 1. The first-order valence-electron chi connectivity index (χ1n) is 7.41. The highest BCUT2D eigenvalue weighted by molar-refractivity contribution is 7.92. The third kappa shape index (κ3) is 3.51. The molecule has 0 aliphatic rings. The molecule has 1 aromatic carbocycles. The lowest BCUT2D eigenvalue weighted by atomic mass is 10.2. The maximum absolute atomic E-state index is 13.8. The van der Waals surface area contributed by atoms with Crippen LogP contribution in [0, 0.1) is 25.5 Å². The summed E-state index contributed by atoms with van der Waals surface area (Å²) in [5.74, 6) is -2.52. The first kappa shape index (κ1) is 18.9. The van der Waals surface area contributed by atoms with E-state index >= 15 is 0 Å². The number of nitrogens with one attached hydrogen (secondary N) is 1. The number of sulfonamides is 1. The summed E-state index contributed by atoms with van der Waals surface area (Å²) >= 11 is 0. The Morgan fingerprint density at radius 1 is 1.28 bits per heavy atom. The van der Waals surface area contributed by atoms with Gasteiger partial charge in [-0.25, -0.2) is 22.0 Å². The number of aromatic nitrogens is 1. The Balaban J connectivity index is 2.53. The van der Waals surface area contributed by atoms with Crippen molar-refractivity contribution in [1.82, 2.24) is 4.57 Å². The second-order valence-corrected chi connectivity index (χ2v) is 7.02. The number of carbonyl (C=O) groups excluding carboxylic acids is 1. The molecule has 2 rings (SSSR count). The van der Waals surface area contributed by atoms with Crippen LogP contribution >= 0.6 is 0 Å². The van der Waals surface area contributed by atoms with Gasteiger partial charge in [0.2, 0.25) is 0 Å². The van der Waals surface area contributed by atoms with Crippen molar-refractivity contribution in [3.8, 4) is 0 Å². The second-order valence-electron chi connectivity index (χ2n) is 5.40. The fraction of sp³-hybridized carbons (Fsp3) is 0.312. The zero-order chi connectivity index (χ0) is 18.9. The molecule has 6 nitrogen and oxygen atoms in total. The molecule has 136 valence electrons. The van der Waals surface area contributed by atoms with Gasteiger partial charge in [-0.2, -0.15) is 0 Å². The summed E-state index contributed by atoms with van der Waals surface area (Å²) in [4.78, 5) is 11.9. The average Bonchev–Trinajstić information content (AvgIpc) is 2.73. The van der Waals surface area contributed by atoms with E-state index in [2.05, 4.69) is 4.72 Å². The Morgan fingerprint density at radius 3 is 2.48 bits per heavy atom. The number of hydrogen-bond donors (Lipinski definition) is 1. The minimum absolute atomic E-state index is 0.0966. The van der Waals surface area contributed by atoms with Gasteiger partial charge in [0.25, 0.3) is 10.0 Å². The van der Waals surface area contributed by atoms with Crippen LogP contribution < -0.4 is 4.72 Å². The van der Waals surface area contributed by atoms with Crippen molar-refractivity contribution in [2.45, 2.75) is 25.7 Å². The number of halogens is 2. The minimum Gasteiger partial charge on any atom is -0.461 e. The van der Waals surface area contributed by atoms with Crippen LogP contribution in [-0.2, 0) is 21.8 Å². The molecule has 0 radical (unpaired) electrons. The highest BCUT2D eigenvalue weighted by Crippen LogP contribution is 2.29. The van der Waals surface area contributed by atoms with E-state index in [-0.39, 0.29) is 34.1 Å². The standard InChI is InChI=1S/C16H18F2N2O4S/c1-5-24-16(21)14-9(2)15(10(3)20(14)4)25(22,23)19-13-7-6-11(17)8-12(13)18/h6-8,19H,5H2,1-4H3. The van der Waals surface area contributed by atoms with Crippen LogP contribution in [0.1, 0.15) is 28.7 Å². The molecule has 0 unspecified atom stereocenters. The molecule has 0 aliphatic heterocycles. The van der Waals surface area contributed by atoms with Gasteiger partial charge in [0.1, 0.15) is 22.2 Å². The smallest absolute Gasteiger partial charge is 0.355 e. The Bertz CT molecular complexity index is 936. The molecule has 0 fully saturated rings. The van der Waals surface area contributed by atoms with Gasteiger partial charge in [0, 0.05) is 24.4 Å². The summed E-state index contributed by atoms with van der Waals surface area (Å²) < 4.78 is 60.6. The first-order valence-corrected chi connectivity index (χ1v) is 8.89. The quantitative estimate of drug-likeness (QED) is 0.819. The topological polar surface area (TPSA) is 77.4 Å². The highest BCUT2D eigenvalue weighted by atomic mass is 32.2. The van der Waals surface area contributed by atoms with Crippen molar-refractivity contribution in [1.29, 1.82) is 0 Å². The third-order valence-corrected chi connectivity index (χ3v) is 5.40. The van der Waals surface area contributed by atoms with Gasteiger partial charge in [-0.05, 0) is 32.9 Å². The molecule has 0 aliphatic carbocycles. The van der Waals surface area contributed by atoms with Crippen molar-refractivity contribution >= 4 is 21.7 Å². The van der Waals surface area contributed by atoms with Crippen LogP contribution in [0.3, 0.4) is 0 Å². The monoisotopic (exact) mass is 372 g/mol. The normalized spacial score (nSPS) is 11.4. The van der Waals surface area contributed by atoms with Crippen molar-refractivity contribution in [2.24, 2.45) is 7.05 Å². The fourth-order valence-corrected chi connectivity index (χ4v) is 4.19. The zero-order valence-electron chi connectivity index (χ0n) is 14.2. The lowest BCUT2D eigenvalue weighted by Crippen LogP contribution is -2.16. The summed E-state index contributed by atoms with van der Waals surface area (Å²) in [7, 11) is -2.67. The van der Waals surface area contributed by atoms with E-state index in [1.165, 1.54) is 25.5 Å². The lowest BCUT2D eigenvalue weighted by molar-refractivity contribution is 0.0514. The summed E-state index contributed by atoms with van der Waals surface area (Å²) in [6, 6.07) is 2.50. The molecule has 9 heteroatoms. The molecule has 1 aromatic heterocycles. The summed E-state index contributed by atoms with van der Waals surface area (Å²) in [6.45, 7) is 4.77. The third-order valence-electron chi connectivity index (χ3n) is 3.78. The average molecular weight is 372 g/mol. The van der Waals surface area contributed by atoms with E-state index in [9.17, 15) is 22.0 Å². The molecular weight excluding hydrogens is 354 g/mol. The van der Waals surface area contributed by atoms with Crippen molar-refractivity contribution < 1.29 is 26.7 Å². The zero-order valence-corrected chi connectivity index (χ0v) is 15.0. The molecule has 0 saturated carbocycles. The number of carbonyl (C=O) groups is 1. The Morgan fingerprint density at radius 2 is 1.92 bits per heavy atom. The predicted octanol–water partition coefficient (Wildman–Crippen LogP) is 2.90. The molecule has 1 N–H and O–H groups in total. The second kappa shape index (κ2) is 6.83. The molecule has 25 heavy (non-hydrogen) atoms. The summed E-state index contributed by atoms with van der Waals surface area (Å²) in [5.41, 5.74) is 0.185. The van der Waals surface area contributed by atoms with Crippen LogP contribution in [-0.4, -0.2) is 25.6 Å². The molecular formula is C16H18F2N2O4S. The Labute approximate surface area is 144 Å². The predicted molar refractivity (Wildman–Crippen MR) is 88.0 cm³/mol. The lowest BCUT2D eigenvalue weighted by Gasteiger charge is -2.10. The largest absolute Gasteiger partial charge is 0.461 e. The van der Waals surface area contributed by atoms with Crippen LogP contribution in [0.4, 0.5) is 14.5 Å². The van der Waals surface area contributed by atoms with Crippen molar-refractivity contribution in [3.63, 3.8) is 0 Å². The highest BCUT2D eigenvalue weighted by Gasteiger charge is 2.30. The maximum atomic E-state index is 13.8. The Kier molecular flexibility index (Phi) is 5.17. The molecule has 0 bridgehead atoms. The van der Waals surface area contributed by atoms with Crippen molar-refractivity contribution in [2.75, 3.05) is 11.3 Å². The number of anilines is 1. The van der Waals surface area contributed by atoms with E-state index in [1.807, 2.05) is 0 Å². The van der Waals surface area contributed by atoms with Crippen molar-refractivity contribution in [3.05, 3.63) is 46.8 Å². The molecule has 0 saturated heterocycles. The van der Waals surface area contributed by atoms with Gasteiger partial charge in [-0.3, -0.25) is 4.72 Å². The van der Waals surface area contributed by atoms with E-state index in [1.54, 1.807) is 6.92 Å². The summed E-state index contributed by atoms with van der Waals surface area (Å²) in [6.07, 6.45) is 0. The first-order chi connectivity index (χ1) is 11.6. The molecule has 0 spiro atoms. The van der Waals surface area contributed by atoms with Crippen LogP contribution in [0.2, 0.25) is 0 Å². The van der Waals surface area contributed by atoms with Gasteiger partial charge in [0.05, 0.1) is 12.3 Å². The minimum atomic E-state index is -4.20. The summed E-state index contributed by atoms with van der Waals surface area (Å²) in [5, 5.41) is 0. The van der Waals surface area contributed by atoms with E-state index < -0.39 is 27.6 Å². The number of hydrogen-bond acceptors (Lipinski definition) is 4. The van der Waals surface area contributed by atoms with Gasteiger partial charge in [-0.1, -0.05) is 0 Å². The van der Waals surface area contributed by atoms with Gasteiger partial charge >= 0.3 is 5.97 Å². The van der Waals surface area contributed by atoms with E-state index in [0.717, 1.165) is 12.1 Å². The maximum Gasteiger partial charge on any atom is 0.355 e. The fourth-order valence-electron chi connectivity index (χ4n) is 2.60. The van der Waals surface area contributed by atoms with Crippen LogP contribution in [0.15, 0.2) is 23.1 Å². The molecule has 0 atom stereocenters. The SMILES string of the molecule is CCOC(=O)c1c(C)c(S(=O)(=O)Nc2ccc(F)cc2F)c(C)n1C. The number of ether oxygens (including phenoxy) is 1. The van der Waals surface area contributed by atoms with Crippen LogP contribution in [0.5, 0.6) is 0 Å².